The number of fused-ring (bicyclic) bond motifs is 1. The number of para-hydroxylation sites is 2. The van der Waals surface area contributed by atoms with Gasteiger partial charge in [-0.2, -0.15) is 0 Å². The number of hydrogen-bond acceptors (Lipinski definition) is 6. The quantitative estimate of drug-likeness (QED) is 0.534. The molecule has 1 unspecified atom stereocenters. The molecule has 2 aliphatic heterocycles. The molecular weight excluding hydrogens is 470 g/mol. The molecule has 9 heteroatoms. The fourth-order valence-electron chi connectivity index (χ4n) is 5.10. The van der Waals surface area contributed by atoms with Crippen molar-refractivity contribution in [1.82, 2.24) is 24.6 Å². The predicted octanol–water partition coefficient (Wildman–Crippen LogP) is 3.05. The molecular formula is C28H33N5O4. The second-order valence-corrected chi connectivity index (χ2v) is 9.69. The van der Waals surface area contributed by atoms with E-state index in [4.69, 9.17) is 9.47 Å². The minimum absolute atomic E-state index is 0.123. The average molecular weight is 504 g/mol. The van der Waals surface area contributed by atoms with Crippen molar-refractivity contribution < 1.29 is 19.1 Å². The van der Waals surface area contributed by atoms with Crippen LogP contribution in [0.5, 0.6) is 5.75 Å². The zero-order chi connectivity index (χ0) is 25.8. The lowest BCUT2D eigenvalue weighted by Gasteiger charge is -2.43. The van der Waals surface area contributed by atoms with Crippen LogP contribution in [0.4, 0.5) is 0 Å². The van der Waals surface area contributed by atoms with Gasteiger partial charge in [0.05, 0.1) is 25.4 Å². The van der Waals surface area contributed by atoms with Crippen LogP contribution in [0.15, 0.2) is 54.6 Å². The Morgan fingerprint density at radius 1 is 1.00 bits per heavy atom. The molecule has 0 saturated carbocycles. The lowest BCUT2D eigenvalue weighted by Crippen LogP contribution is -2.61. The second kappa shape index (κ2) is 10.7. The Hall–Kier alpha value is -3.72. The first-order valence-electron chi connectivity index (χ1n) is 12.9. The van der Waals surface area contributed by atoms with E-state index in [1.807, 2.05) is 55.5 Å². The number of hydrogen-bond donors (Lipinski definition) is 0. The standard InChI is InChI=1S/C28H33N5O4/c1-21-29-25(30-33(21)23-12-4-3-5-13-23)26(34)32-17-19-37-28(20-32)15-9-8-11-22-10-6-7-14-24(22)36-18-16-31(2)27(28)35/h3-7,10,12-14H,8-9,11,15-20H2,1-2H3. The minimum Gasteiger partial charge on any atom is -0.491 e. The number of benzene rings is 2. The van der Waals surface area contributed by atoms with Gasteiger partial charge in [0.1, 0.15) is 18.2 Å². The third kappa shape index (κ3) is 5.22. The van der Waals surface area contributed by atoms with E-state index in [0.29, 0.717) is 31.9 Å². The largest absolute Gasteiger partial charge is 0.491 e. The number of aromatic nitrogens is 3. The first-order chi connectivity index (χ1) is 18.0. The Balaban J connectivity index is 1.35. The van der Waals surface area contributed by atoms with Gasteiger partial charge in [-0.05, 0) is 56.4 Å². The molecule has 1 fully saturated rings. The highest BCUT2D eigenvalue weighted by atomic mass is 16.5. The molecule has 2 aromatic carbocycles. The summed E-state index contributed by atoms with van der Waals surface area (Å²) in [6.07, 6.45) is 3.07. The highest BCUT2D eigenvalue weighted by Gasteiger charge is 2.46. The summed E-state index contributed by atoms with van der Waals surface area (Å²) in [7, 11) is 1.77. The molecule has 194 valence electrons. The maximum Gasteiger partial charge on any atom is 0.293 e. The molecule has 1 saturated heterocycles. The van der Waals surface area contributed by atoms with Crippen molar-refractivity contribution in [2.45, 2.75) is 38.2 Å². The van der Waals surface area contributed by atoms with Crippen LogP contribution in [-0.2, 0) is 16.0 Å². The van der Waals surface area contributed by atoms with Crippen molar-refractivity contribution >= 4 is 11.8 Å². The summed E-state index contributed by atoms with van der Waals surface area (Å²) in [5.41, 5.74) is 0.908. The van der Waals surface area contributed by atoms with Gasteiger partial charge in [0.2, 0.25) is 5.82 Å². The fraction of sp³-hybridized carbons (Fsp3) is 0.429. The molecule has 0 aliphatic carbocycles. The summed E-state index contributed by atoms with van der Waals surface area (Å²) in [4.78, 5) is 35.0. The molecule has 3 aromatic rings. The van der Waals surface area contributed by atoms with E-state index < -0.39 is 5.60 Å². The summed E-state index contributed by atoms with van der Waals surface area (Å²) in [6.45, 7) is 3.47. The number of aryl methyl sites for hydroxylation is 2. The van der Waals surface area contributed by atoms with Crippen molar-refractivity contribution in [3.05, 3.63) is 71.8 Å². The summed E-state index contributed by atoms with van der Waals surface area (Å²) in [5.74, 6) is 1.21. The molecule has 1 aromatic heterocycles. The Labute approximate surface area is 217 Å². The van der Waals surface area contributed by atoms with Gasteiger partial charge >= 0.3 is 0 Å². The highest BCUT2D eigenvalue weighted by Crippen LogP contribution is 2.29. The van der Waals surface area contributed by atoms with Crippen molar-refractivity contribution in [2.75, 3.05) is 39.9 Å². The molecule has 0 bridgehead atoms. The lowest BCUT2D eigenvalue weighted by atomic mass is 9.91. The Kier molecular flexibility index (Phi) is 7.23. The summed E-state index contributed by atoms with van der Waals surface area (Å²) in [5, 5.41) is 4.49. The average Bonchev–Trinajstić information content (AvgIpc) is 3.32. The second-order valence-electron chi connectivity index (χ2n) is 9.69. The van der Waals surface area contributed by atoms with E-state index in [1.54, 1.807) is 21.5 Å². The van der Waals surface area contributed by atoms with Crippen LogP contribution in [0.25, 0.3) is 5.69 Å². The Bertz CT molecular complexity index is 1260. The monoisotopic (exact) mass is 503 g/mol. The van der Waals surface area contributed by atoms with Crippen molar-refractivity contribution in [2.24, 2.45) is 0 Å². The first-order valence-corrected chi connectivity index (χ1v) is 12.9. The highest BCUT2D eigenvalue weighted by molar-refractivity contribution is 5.92. The third-order valence-corrected chi connectivity index (χ3v) is 7.10. The van der Waals surface area contributed by atoms with Gasteiger partial charge in [0, 0.05) is 13.6 Å². The van der Waals surface area contributed by atoms with Crippen molar-refractivity contribution in [3.63, 3.8) is 0 Å². The van der Waals surface area contributed by atoms with Crippen LogP contribution in [-0.4, -0.2) is 81.9 Å². The number of carbonyl (C=O) groups excluding carboxylic acids is 2. The number of nitrogens with zero attached hydrogens (tertiary/aromatic N) is 5. The molecule has 9 nitrogen and oxygen atoms in total. The van der Waals surface area contributed by atoms with E-state index in [0.717, 1.165) is 30.7 Å². The SMILES string of the molecule is Cc1nc(C(=O)N2CCOC3(CCCCc4ccccc4OCCN(C)C3=O)C2)nn1-c1ccccc1. The fourth-order valence-corrected chi connectivity index (χ4v) is 5.10. The zero-order valence-corrected chi connectivity index (χ0v) is 21.4. The zero-order valence-electron chi connectivity index (χ0n) is 21.4. The number of rotatable bonds is 2. The number of morpholine rings is 1. The van der Waals surface area contributed by atoms with Crippen LogP contribution in [0.1, 0.15) is 41.3 Å². The van der Waals surface area contributed by atoms with Gasteiger partial charge in [-0.3, -0.25) is 9.59 Å². The smallest absolute Gasteiger partial charge is 0.293 e. The Morgan fingerprint density at radius 3 is 2.62 bits per heavy atom. The Morgan fingerprint density at radius 2 is 1.78 bits per heavy atom. The van der Waals surface area contributed by atoms with E-state index in [1.165, 1.54) is 5.56 Å². The van der Waals surface area contributed by atoms with Gasteiger partial charge in [0.25, 0.3) is 11.8 Å². The van der Waals surface area contributed by atoms with Crippen LogP contribution in [0.3, 0.4) is 0 Å². The molecule has 1 spiro atoms. The first kappa shape index (κ1) is 25.0. The molecule has 2 aliphatic rings. The lowest BCUT2D eigenvalue weighted by molar-refractivity contribution is -0.169. The number of carbonyl (C=O) groups is 2. The van der Waals surface area contributed by atoms with E-state index in [2.05, 4.69) is 16.1 Å². The van der Waals surface area contributed by atoms with Gasteiger partial charge < -0.3 is 19.3 Å². The minimum atomic E-state index is -1.10. The molecule has 2 amide bonds. The molecule has 5 rings (SSSR count). The van der Waals surface area contributed by atoms with Gasteiger partial charge in [0.15, 0.2) is 5.60 Å². The summed E-state index contributed by atoms with van der Waals surface area (Å²) < 4.78 is 13.9. The summed E-state index contributed by atoms with van der Waals surface area (Å²) in [6, 6.07) is 17.7. The third-order valence-electron chi connectivity index (χ3n) is 7.10. The molecule has 37 heavy (non-hydrogen) atoms. The molecule has 0 radical (unpaired) electrons. The van der Waals surface area contributed by atoms with Crippen LogP contribution < -0.4 is 4.74 Å². The van der Waals surface area contributed by atoms with Crippen molar-refractivity contribution in [3.8, 4) is 11.4 Å². The maximum absolute atomic E-state index is 13.7. The number of ether oxygens (including phenoxy) is 2. The maximum atomic E-state index is 13.7. The molecule has 1 atom stereocenters. The number of amides is 2. The molecule has 3 heterocycles. The van der Waals surface area contributed by atoms with Crippen LogP contribution in [0, 0.1) is 6.92 Å². The van der Waals surface area contributed by atoms with Gasteiger partial charge in [-0.1, -0.05) is 36.4 Å². The van der Waals surface area contributed by atoms with E-state index >= 15 is 0 Å². The van der Waals surface area contributed by atoms with Crippen molar-refractivity contribution in [1.29, 1.82) is 0 Å². The summed E-state index contributed by atoms with van der Waals surface area (Å²) >= 11 is 0. The van der Waals surface area contributed by atoms with Crippen LogP contribution in [0.2, 0.25) is 0 Å². The van der Waals surface area contributed by atoms with E-state index in [-0.39, 0.29) is 30.8 Å². The predicted molar refractivity (Wildman–Crippen MR) is 138 cm³/mol. The normalized spacial score (nSPS) is 21.1. The topological polar surface area (TPSA) is 89.8 Å². The number of likely N-dealkylation sites (N-methyl/N-ethyl adjacent to an activating group) is 1. The van der Waals surface area contributed by atoms with E-state index in [9.17, 15) is 9.59 Å². The van der Waals surface area contributed by atoms with Gasteiger partial charge in [-0.15, -0.1) is 5.10 Å². The van der Waals surface area contributed by atoms with Gasteiger partial charge in [-0.25, -0.2) is 9.67 Å². The molecule has 0 N–H and O–H groups in total. The van der Waals surface area contributed by atoms with Crippen LogP contribution >= 0.6 is 0 Å².